The summed E-state index contributed by atoms with van der Waals surface area (Å²) in [5.41, 5.74) is 3.91. The number of nitrogens with one attached hydrogen (secondary N) is 1. The summed E-state index contributed by atoms with van der Waals surface area (Å²) in [5.74, 6) is -0.0436. The van der Waals surface area contributed by atoms with Gasteiger partial charge in [-0.15, -0.1) is 0 Å². The van der Waals surface area contributed by atoms with Crippen LogP contribution in [0.3, 0.4) is 0 Å². The van der Waals surface area contributed by atoms with Crippen molar-refractivity contribution in [2.24, 2.45) is 0 Å². The molecule has 190 valence electrons. The molecular weight excluding hydrogens is 558 g/mol. The summed E-state index contributed by atoms with van der Waals surface area (Å²) in [5, 5.41) is 2.28. The van der Waals surface area contributed by atoms with Crippen LogP contribution in [-0.2, 0) is 16.2 Å². The molecule has 1 aliphatic rings. The van der Waals surface area contributed by atoms with Crippen molar-refractivity contribution in [3.63, 3.8) is 0 Å². The lowest BCUT2D eigenvalue weighted by Crippen LogP contribution is -2.36. The highest BCUT2D eigenvalue weighted by molar-refractivity contribution is 9.10. The van der Waals surface area contributed by atoms with Gasteiger partial charge in [0.05, 0.1) is 22.2 Å². The first kappa shape index (κ1) is 26.4. The molecule has 37 heavy (non-hydrogen) atoms. The maximum absolute atomic E-state index is 13.0. The molecular formula is C27H24BrN3O5S. The SMILES string of the molecule is COc1cc(/C=C2/SC(=O)N(CC(=O)Nc3cc(C)ccc3C)C2=O)cc(Br)c1OCc1ccccn1. The molecule has 0 unspecified atom stereocenters. The Balaban J connectivity index is 1.47. The van der Waals surface area contributed by atoms with Crippen molar-refractivity contribution in [1.29, 1.82) is 0 Å². The van der Waals surface area contributed by atoms with Gasteiger partial charge < -0.3 is 14.8 Å². The van der Waals surface area contributed by atoms with E-state index >= 15 is 0 Å². The second-order valence-corrected chi connectivity index (χ2v) is 10.1. The van der Waals surface area contributed by atoms with Crippen LogP contribution in [0.4, 0.5) is 10.5 Å². The third-order valence-electron chi connectivity index (χ3n) is 5.48. The number of rotatable bonds is 8. The first-order chi connectivity index (χ1) is 17.7. The van der Waals surface area contributed by atoms with Gasteiger partial charge in [0.25, 0.3) is 11.1 Å². The fraction of sp³-hybridized carbons (Fsp3) is 0.185. The molecule has 10 heteroatoms. The van der Waals surface area contributed by atoms with Crippen LogP contribution in [-0.4, -0.2) is 40.6 Å². The molecule has 3 amide bonds. The van der Waals surface area contributed by atoms with Gasteiger partial charge in [-0.25, -0.2) is 0 Å². The zero-order valence-corrected chi connectivity index (χ0v) is 22.8. The monoisotopic (exact) mass is 581 g/mol. The van der Waals surface area contributed by atoms with Gasteiger partial charge in [-0.05, 0) is 94.6 Å². The average molecular weight is 582 g/mol. The number of hydrogen-bond donors (Lipinski definition) is 1. The first-order valence-corrected chi connectivity index (χ1v) is 12.9. The number of pyridine rings is 1. The number of ether oxygens (including phenoxy) is 2. The molecule has 3 aromatic rings. The van der Waals surface area contributed by atoms with Gasteiger partial charge in [-0.1, -0.05) is 18.2 Å². The largest absolute Gasteiger partial charge is 0.493 e. The van der Waals surface area contributed by atoms with Crippen molar-refractivity contribution in [3.05, 3.63) is 86.5 Å². The molecule has 0 aliphatic carbocycles. The average Bonchev–Trinajstić information content (AvgIpc) is 3.13. The molecule has 1 fully saturated rings. The lowest BCUT2D eigenvalue weighted by Gasteiger charge is -2.14. The van der Waals surface area contributed by atoms with Gasteiger partial charge in [-0.2, -0.15) is 0 Å². The van der Waals surface area contributed by atoms with Crippen molar-refractivity contribution in [2.75, 3.05) is 19.0 Å². The summed E-state index contributed by atoms with van der Waals surface area (Å²) < 4.78 is 12.0. The van der Waals surface area contributed by atoms with Gasteiger partial charge in [0.15, 0.2) is 11.5 Å². The van der Waals surface area contributed by atoms with Gasteiger partial charge >= 0.3 is 0 Å². The minimum absolute atomic E-state index is 0.209. The number of imide groups is 1. The zero-order valence-electron chi connectivity index (χ0n) is 20.4. The molecule has 1 aliphatic heterocycles. The van der Waals surface area contributed by atoms with E-state index in [2.05, 4.69) is 26.2 Å². The van der Waals surface area contributed by atoms with Gasteiger partial charge in [0.1, 0.15) is 13.2 Å². The van der Waals surface area contributed by atoms with Gasteiger partial charge in [-0.3, -0.25) is 24.3 Å². The summed E-state index contributed by atoms with van der Waals surface area (Å²) >= 11 is 4.28. The van der Waals surface area contributed by atoms with E-state index < -0.39 is 17.1 Å². The van der Waals surface area contributed by atoms with Crippen LogP contribution >= 0.6 is 27.7 Å². The Kier molecular flexibility index (Phi) is 8.30. The molecule has 1 aromatic heterocycles. The van der Waals surface area contributed by atoms with Crippen molar-refractivity contribution in [2.45, 2.75) is 20.5 Å². The number of aromatic nitrogens is 1. The standard InChI is InChI=1S/C27H24BrN3O5S/c1-16-7-8-17(2)21(10-16)30-24(32)14-31-26(33)23(37-27(31)34)13-18-11-20(28)25(22(12-18)35-3)36-15-19-6-4-5-9-29-19/h4-13H,14-15H2,1-3H3,(H,30,32)/b23-13+. The Morgan fingerprint density at radius 3 is 2.70 bits per heavy atom. The van der Waals surface area contributed by atoms with E-state index in [4.69, 9.17) is 9.47 Å². The number of hydrogen-bond acceptors (Lipinski definition) is 7. The summed E-state index contributed by atoms with van der Waals surface area (Å²) in [6.45, 7) is 3.67. The third kappa shape index (κ3) is 6.39. The minimum atomic E-state index is -0.531. The van der Waals surface area contributed by atoms with Crippen LogP contribution in [0, 0.1) is 13.8 Å². The van der Waals surface area contributed by atoms with E-state index in [1.54, 1.807) is 24.4 Å². The van der Waals surface area contributed by atoms with Crippen LogP contribution < -0.4 is 14.8 Å². The molecule has 2 heterocycles. The summed E-state index contributed by atoms with van der Waals surface area (Å²) in [7, 11) is 1.52. The number of aryl methyl sites for hydroxylation is 2. The van der Waals surface area contributed by atoms with E-state index in [0.717, 1.165) is 33.5 Å². The quantitative estimate of drug-likeness (QED) is 0.339. The summed E-state index contributed by atoms with van der Waals surface area (Å²) in [4.78, 5) is 43.5. The number of amides is 3. The van der Waals surface area contributed by atoms with Crippen molar-refractivity contribution in [1.82, 2.24) is 9.88 Å². The number of benzene rings is 2. The topological polar surface area (TPSA) is 97.8 Å². The van der Waals surface area contributed by atoms with Crippen LogP contribution in [0.15, 0.2) is 64.1 Å². The van der Waals surface area contributed by atoms with E-state index in [1.165, 1.54) is 7.11 Å². The molecule has 0 spiro atoms. The minimum Gasteiger partial charge on any atom is -0.493 e. The smallest absolute Gasteiger partial charge is 0.294 e. The highest BCUT2D eigenvalue weighted by Crippen LogP contribution is 2.39. The Morgan fingerprint density at radius 1 is 1.16 bits per heavy atom. The van der Waals surface area contributed by atoms with Gasteiger partial charge in [0.2, 0.25) is 5.91 Å². The van der Waals surface area contributed by atoms with Crippen LogP contribution in [0.2, 0.25) is 0 Å². The Bertz CT molecular complexity index is 1390. The molecule has 0 saturated carbocycles. The first-order valence-electron chi connectivity index (χ1n) is 11.3. The molecule has 4 rings (SSSR count). The summed E-state index contributed by atoms with van der Waals surface area (Å²) in [6.07, 6.45) is 3.28. The van der Waals surface area contributed by atoms with Crippen LogP contribution in [0.1, 0.15) is 22.4 Å². The van der Waals surface area contributed by atoms with E-state index in [1.807, 2.05) is 50.2 Å². The lowest BCUT2D eigenvalue weighted by molar-refractivity contribution is -0.127. The number of methoxy groups -OCH3 is 1. The van der Waals surface area contributed by atoms with Crippen LogP contribution in [0.5, 0.6) is 11.5 Å². The Hall–Kier alpha value is -3.63. The lowest BCUT2D eigenvalue weighted by atomic mass is 10.1. The molecule has 1 N–H and O–H groups in total. The Morgan fingerprint density at radius 2 is 1.97 bits per heavy atom. The highest BCUT2D eigenvalue weighted by atomic mass is 79.9. The maximum Gasteiger partial charge on any atom is 0.294 e. The number of thioether (sulfide) groups is 1. The molecule has 8 nitrogen and oxygen atoms in total. The highest BCUT2D eigenvalue weighted by Gasteiger charge is 2.36. The fourth-order valence-electron chi connectivity index (χ4n) is 3.58. The molecule has 0 atom stereocenters. The number of anilines is 1. The number of carbonyl (C=O) groups is 3. The van der Waals surface area contributed by atoms with Crippen molar-refractivity contribution in [3.8, 4) is 11.5 Å². The van der Waals surface area contributed by atoms with Crippen LogP contribution in [0.25, 0.3) is 6.08 Å². The van der Waals surface area contributed by atoms with Crippen molar-refractivity contribution >= 4 is 56.5 Å². The van der Waals surface area contributed by atoms with E-state index in [-0.39, 0.29) is 18.1 Å². The molecule has 0 bridgehead atoms. The molecule has 2 aromatic carbocycles. The van der Waals surface area contributed by atoms with Gasteiger partial charge in [0, 0.05) is 11.9 Å². The molecule has 1 saturated heterocycles. The number of nitrogens with zero attached hydrogens (tertiary/aromatic N) is 2. The summed E-state index contributed by atoms with van der Waals surface area (Å²) in [6, 6.07) is 14.7. The Labute approximate surface area is 227 Å². The molecule has 0 radical (unpaired) electrons. The third-order valence-corrected chi connectivity index (χ3v) is 6.98. The predicted molar refractivity (Wildman–Crippen MR) is 146 cm³/mol. The second kappa shape index (κ2) is 11.6. The predicted octanol–water partition coefficient (Wildman–Crippen LogP) is 5.72. The fourth-order valence-corrected chi connectivity index (χ4v) is 5.00. The zero-order chi connectivity index (χ0) is 26.5. The van der Waals surface area contributed by atoms with E-state index in [9.17, 15) is 14.4 Å². The number of halogens is 1. The normalized spacial score (nSPS) is 14.3. The number of carbonyl (C=O) groups excluding carboxylic acids is 3. The van der Waals surface area contributed by atoms with Crippen molar-refractivity contribution < 1.29 is 23.9 Å². The second-order valence-electron chi connectivity index (χ2n) is 8.28. The van der Waals surface area contributed by atoms with E-state index in [0.29, 0.717) is 27.2 Å². The maximum atomic E-state index is 13.0.